The van der Waals surface area contributed by atoms with Crippen molar-refractivity contribution in [2.24, 2.45) is 5.10 Å². The van der Waals surface area contributed by atoms with Crippen LogP contribution in [0.4, 0.5) is 24.5 Å². The van der Waals surface area contributed by atoms with Crippen LogP contribution in [-0.4, -0.2) is 17.9 Å². The van der Waals surface area contributed by atoms with Gasteiger partial charge in [-0.25, -0.2) is 0 Å². The van der Waals surface area contributed by atoms with Crippen molar-refractivity contribution in [3.63, 3.8) is 0 Å². The van der Waals surface area contributed by atoms with Gasteiger partial charge in [0.2, 0.25) is 6.79 Å². The second-order valence-corrected chi connectivity index (χ2v) is 4.97. The van der Waals surface area contributed by atoms with E-state index in [2.05, 4.69) is 10.5 Å². The molecule has 2 aromatic carbocycles. The normalized spacial score (nSPS) is 13.2. The van der Waals surface area contributed by atoms with Crippen molar-refractivity contribution in [3.8, 4) is 11.5 Å². The lowest BCUT2D eigenvalue weighted by Gasteiger charge is -2.11. The van der Waals surface area contributed by atoms with Gasteiger partial charge in [-0.2, -0.15) is 18.3 Å². The highest BCUT2D eigenvalue weighted by atomic mass is 19.4. The fourth-order valence-electron chi connectivity index (χ4n) is 2.15. The second-order valence-electron chi connectivity index (χ2n) is 4.97. The number of hydrogen-bond donors (Lipinski definition) is 1. The molecule has 10 heteroatoms. The van der Waals surface area contributed by atoms with E-state index < -0.39 is 28.0 Å². The van der Waals surface area contributed by atoms with Gasteiger partial charge in [-0.15, -0.1) is 0 Å². The molecular weight excluding hydrogens is 343 g/mol. The van der Waals surface area contributed by atoms with Gasteiger partial charge in [-0.3, -0.25) is 15.5 Å². The summed E-state index contributed by atoms with van der Waals surface area (Å²) in [6, 6.07) is 7.30. The van der Waals surface area contributed by atoms with Crippen molar-refractivity contribution < 1.29 is 27.6 Å². The SMILES string of the molecule is O=[N+]([O-])c1ccc(N/N=C\c2ccc3c(c2)OCO3)c(C(F)(F)F)c1. The molecule has 0 saturated carbocycles. The van der Waals surface area contributed by atoms with Crippen molar-refractivity contribution >= 4 is 17.6 Å². The number of nitrogens with one attached hydrogen (secondary N) is 1. The Hall–Kier alpha value is -3.30. The van der Waals surface area contributed by atoms with Crippen LogP contribution in [0.1, 0.15) is 11.1 Å². The Balaban J connectivity index is 1.81. The monoisotopic (exact) mass is 353 g/mol. The van der Waals surface area contributed by atoms with Gasteiger partial charge >= 0.3 is 6.18 Å². The van der Waals surface area contributed by atoms with Crippen LogP contribution in [0, 0.1) is 10.1 Å². The van der Waals surface area contributed by atoms with Gasteiger partial charge in [-0.05, 0) is 29.8 Å². The maximum atomic E-state index is 13.0. The molecule has 0 aromatic heterocycles. The van der Waals surface area contributed by atoms with E-state index in [0.29, 0.717) is 23.1 Å². The molecule has 3 rings (SSSR count). The summed E-state index contributed by atoms with van der Waals surface area (Å²) in [5.74, 6) is 1.08. The number of fused-ring (bicyclic) bond motifs is 1. The molecule has 0 saturated heterocycles. The molecule has 0 spiro atoms. The molecule has 0 aliphatic carbocycles. The molecule has 130 valence electrons. The third-order valence-electron chi connectivity index (χ3n) is 3.31. The average molecular weight is 353 g/mol. The molecular formula is C15H10F3N3O4. The van der Waals surface area contributed by atoms with E-state index in [0.717, 1.165) is 12.1 Å². The largest absolute Gasteiger partial charge is 0.454 e. The number of nitrogens with zero attached hydrogens (tertiary/aromatic N) is 2. The van der Waals surface area contributed by atoms with Crippen molar-refractivity contribution in [3.05, 3.63) is 57.6 Å². The number of nitro groups is 1. The smallest absolute Gasteiger partial charge is 0.418 e. The predicted molar refractivity (Wildman–Crippen MR) is 81.9 cm³/mol. The number of halogens is 3. The van der Waals surface area contributed by atoms with Gasteiger partial charge in [-0.1, -0.05) is 0 Å². The summed E-state index contributed by atoms with van der Waals surface area (Å²) >= 11 is 0. The van der Waals surface area contributed by atoms with Crippen molar-refractivity contribution in [2.45, 2.75) is 6.18 Å². The van der Waals surface area contributed by atoms with Crippen LogP contribution in [0.5, 0.6) is 11.5 Å². The standard InChI is InChI=1S/C15H10F3N3O4/c16-15(17,18)11-6-10(21(22)23)2-3-12(11)20-19-7-9-1-4-13-14(5-9)25-8-24-13/h1-7,20H,8H2/b19-7-. The van der Waals surface area contributed by atoms with Gasteiger partial charge in [0.1, 0.15) is 0 Å². The maximum absolute atomic E-state index is 13.0. The van der Waals surface area contributed by atoms with Crippen LogP contribution >= 0.6 is 0 Å². The molecule has 1 aliphatic rings. The summed E-state index contributed by atoms with van der Waals surface area (Å²) < 4.78 is 49.5. The van der Waals surface area contributed by atoms with Crippen molar-refractivity contribution in [1.82, 2.24) is 0 Å². The highest BCUT2D eigenvalue weighted by Crippen LogP contribution is 2.37. The minimum absolute atomic E-state index is 0.103. The van der Waals surface area contributed by atoms with Crippen LogP contribution < -0.4 is 14.9 Å². The van der Waals surface area contributed by atoms with E-state index in [4.69, 9.17) is 9.47 Å². The van der Waals surface area contributed by atoms with E-state index in [-0.39, 0.29) is 6.79 Å². The Bertz CT molecular complexity index is 852. The zero-order valence-corrected chi connectivity index (χ0v) is 12.4. The van der Waals surface area contributed by atoms with Crippen LogP contribution in [0.15, 0.2) is 41.5 Å². The fraction of sp³-hybridized carbons (Fsp3) is 0.133. The Kier molecular flexibility index (Phi) is 4.17. The highest BCUT2D eigenvalue weighted by Gasteiger charge is 2.35. The minimum Gasteiger partial charge on any atom is -0.454 e. The maximum Gasteiger partial charge on any atom is 0.418 e. The number of hydrazone groups is 1. The molecule has 1 N–H and O–H groups in total. The predicted octanol–water partition coefficient (Wildman–Crippen LogP) is 3.79. The number of alkyl halides is 3. The lowest BCUT2D eigenvalue weighted by molar-refractivity contribution is -0.385. The topological polar surface area (TPSA) is 86.0 Å². The molecule has 7 nitrogen and oxygen atoms in total. The summed E-state index contributed by atoms with van der Waals surface area (Å²) in [6.07, 6.45) is -3.47. The first kappa shape index (κ1) is 16.6. The number of non-ortho nitro benzene ring substituents is 1. The number of nitro benzene ring substituents is 1. The molecule has 1 heterocycles. The fourth-order valence-corrected chi connectivity index (χ4v) is 2.15. The number of benzene rings is 2. The van der Waals surface area contributed by atoms with Crippen molar-refractivity contribution in [2.75, 3.05) is 12.2 Å². The van der Waals surface area contributed by atoms with E-state index in [1.165, 1.54) is 6.21 Å². The van der Waals surface area contributed by atoms with Gasteiger partial charge in [0.25, 0.3) is 5.69 Å². The first-order chi connectivity index (χ1) is 11.8. The molecule has 0 radical (unpaired) electrons. The van der Waals surface area contributed by atoms with Crippen LogP contribution in [0.2, 0.25) is 0 Å². The molecule has 0 fully saturated rings. The molecule has 2 aromatic rings. The average Bonchev–Trinajstić information content (AvgIpc) is 3.01. The number of rotatable bonds is 4. The zero-order chi connectivity index (χ0) is 18.0. The van der Waals surface area contributed by atoms with Gasteiger partial charge in [0.15, 0.2) is 11.5 Å². The summed E-state index contributed by atoms with van der Waals surface area (Å²) in [5.41, 5.74) is 0.608. The van der Waals surface area contributed by atoms with E-state index in [9.17, 15) is 23.3 Å². The summed E-state index contributed by atoms with van der Waals surface area (Å²) in [7, 11) is 0. The van der Waals surface area contributed by atoms with Gasteiger partial charge in [0, 0.05) is 12.1 Å². The van der Waals surface area contributed by atoms with E-state index in [1.54, 1.807) is 18.2 Å². The van der Waals surface area contributed by atoms with Crippen LogP contribution in [0.3, 0.4) is 0 Å². The number of anilines is 1. The third kappa shape index (κ3) is 3.62. The highest BCUT2D eigenvalue weighted by molar-refractivity contribution is 5.81. The molecule has 0 amide bonds. The Morgan fingerprint density at radius 2 is 1.92 bits per heavy atom. The summed E-state index contributed by atoms with van der Waals surface area (Å²) in [6.45, 7) is 0.103. The molecule has 1 aliphatic heterocycles. The van der Waals surface area contributed by atoms with Crippen LogP contribution in [-0.2, 0) is 6.18 Å². The third-order valence-corrected chi connectivity index (χ3v) is 3.31. The summed E-state index contributed by atoms with van der Waals surface area (Å²) in [4.78, 5) is 9.76. The minimum atomic E-state index is -4.76. The molecule has 0 atom stereocenters. The van der Waals surface area contributed by atoms with Crippen molar-refractivity contribution in [1.29, 1.82) is 0 Å². The molecule has 0 bridgehead atoms. The van der Waals surface area contributed by atoms with Gasteiger partial charge in [0.05, 0.1) is 22.4 Å². The summed E-state index contributed by atoms with van der Waals surface area (Å²) in [5, 5.41) is 14.4. The Morgan fingerprint density at radius 3 is 2.64 bits per heavy atom. The number of hydrogen-bond acceptors (Lipinski definition) is 6. The Labute approximate surface area is 138 Å². The van der Waals surface area contributed by atoms with Gasteiger partial charge < -0.3 is 9.47 Å². The van der Waals surface area contributed by atoms with E-state index in [1.807, 2.05) is 0 Å². The first-order valence-corrected chi connectivity index (χ1v) is 6.89. The quantitative estimate of drug-likeness (QED) is 0.513. The lowest BCUT2D eigenvalue weighted by Crippen LogP contribution is -2.09. The molecule has 25 heavy (non-hydrogen) atoms. The molecule has 0 unspecified atom stereocenters. The Morgan fingerprint density at radius 1 is 1.16 bits per heavy atom. The first-order valence-electron chi connectivity index (χ1n) is 6.89. The number of ether oxygens (including phenoxy) is 2. The second kappa shape index (κ2) is 6.30. The van der Waals surface area contributed by atoms with E-state index >= 15 is 0 Å². The zero-order valence-electron chi connectivity index (χ0n) is 12.4. The lowest BCUT2D eigenvalue weighted by atomic mass is 10.1. The van der Waals surface area contributed by atoms with Crippen LogP contribution in [0.25, 0.3) is 0 Å².